The van der Waals surface area contributed by atoms with Crippen molar-refractivity contribution in [2.24, 2.45) is 0 Å². The van der Waals surface area contributed by atoms with Crippen LogP contribution in [-0.4, -0.2) is 19.5 Å². The molecule has 28 heavy (non-hydrogen) atoms. The van der Waals surface area contributed by atoms with Crippen molar-refractivity contribution in [3.63, 3.8) is 0 Å². The van der Waals surface area contributed by atoms with E-state index >= 15 is 0 Å². The molecular weight excluding hydrogens is 348 g/mol. The molecule has 4 heterocycles. The molecule has 0 fully saturated rings. The molecule has 0 unspecified atom stereocenters. The van der Waals surface area contributed by atoms with Gasteiger partial charge in [0.05, 0.1) is 22.1 Å². The summed E-state index contributed by atoms with van der Waals surface area (Å²) in [6, 6.07) is 22.4. The summed E-state index contributed by atoms with van der Waals surface area (Å²) < 4.78 is 7.54. The van der Waals surface area contributed by atoms with Crippen LogP contribution in [0.2, 0.25) is 0 Å². The Morgan fingerprint density at radius 3 is 2.11 bits per heavy atom. The van der Waals surface area contributed by atoms with E-state index in [2.05, 4.69) is 45.9 Å². The summed E-state index contributed by atoms with van der Waals surface area (Å²) in [4.78, 5) is 14.2. The Balaban J connectivity index is 1.74. The average Bonchev–Trinajstić information content (AvgIpc) is 3.36. The number of para-hydroxylation sites is 2. The van der Waals surface area contributed by atoms with Gasteiger partial charge in [0.2, 0.25) is 5.95 Å². The van der Waals surface area contributed by atoms with Crippen LogP contribution in [0.1, 0.15) is 0 Å². The van der Waals surface area contributed by atoms with E-state index in [1.807, 2.05) is 30.3 Å². The molecule has 132 valence electrons. The lowest BCUT2D eigenvalue weighted by Crippen LogP contribution is -2.03. The number of hydrogen-bond donors (Lipinski definition) is 0. The SMILES string of the molecule is c1ccc(-c2nc(-n3c4ccccc4c4ccccc43)nc3cocc23)nc1. The highest BCUT2D eigenvalue weighted by Gasteiger charge is 2.17. The number of benzene rings is 2. The highest BCUT2D eigenvalue weighted by atomic mass is 16.3. The summed E-state index contributed by atoms with van der Waals surface area (Å²) in [5.41, 5.74) is 4.44. The van der Waals surface area contributed by atoms with Crippen LogP contribution in [0.4, 0.5) is 0 Å². The summed E-state index contributed by atoms with van der Waals surface area (Å²) in [5, 5.41) is 3.20. The number of nitrogens with zero attached hydrogens (tertiary/aromatic N) is 4. The zero-order valence-electron chi connectivity index (χ0n) is 14.8. The molecule has 5 nitrogen and oxygen atoms in total. The van der Waals surface area contributed by atoms with E-state index in [4.69, 9.17) is 14.4 Å². The summed E-state index contributed by atoms with van der Waals surface area (Å²) in [7, 11) is 0. The Morgan fingerprint density at radius 2 is 1.39 bits per heavy atom. The molecule has 0 saturated carbocycles. The van der Waals surface area contributed by atoms with Crippen molar-refractivity contribution in [2.75, 3.05) is 0 Å². The third-order valence-electron chi connectivity index (χ3n) is 5.02. The normalized spacial score (nSPS) is 11.6. The maximum atomic E-state index is 5.43. The minimum Gasteiger partial charge on any atom is -0.470 e. The summed E-state index contributed by atoms with van der Waals surface area (Å²) in [6.45, 7) is 0. The average molecular weight is 362 g/mol. The van der Waals surface area contributed by atoms with Gasteiger partial charge in [-0.2, -0.15) is 0 Å². The Morgan fingerprint density at radius 1 is 0.679 bits per heavy atom. The van der Waals surface area contributed by atoms with Crippen molar-refractivity contribution >= 4 is 32.7 Å². The Bertz CT molecular complexity index is 1410. The zero-order chi connectivity index (χ0) is 18.5. The van der Waals surface area contributed by atoms with Crippen molar-refractivity contribution in [3.8, 4) is 17.3 Å². The molecule has 0 N–H and O–H groups in total. The van der Waals surface area contributed by atoms with E-state index < -0.39 is 0 Å². The molecule has 0 aliphatic heterocycles. The summed E-state index contributed by atoms with van der Waals surface area (Å²) in [5.74, 6) is 0.604. The van der Waals surface area contributed by atoms with Gasteiger partial charge in [-0.05, 0) is 24.3 Å². The van der Waals surface area contributed by atoms with Crippen LogP contribution in [-0.2, 0) is 0 Å². The van der Waals surface area contributed by atoms with Gasteiger partial charge in [0.25, 0.3) is 0 Å². The van der Waals surface area contributed by atoms with E-state index in [9.17, 15) is 0 Å². The Labute approximate surface area is 159 Å². The van der Waals surface area contributed by atoms with Crippen molar-refractivity contribution in [1.82, 2.24) is 19.5 Å². The van der Waals surface area contributed by atoms with Crippen molar-refractivity contribution < 1.29 is 4.42 Å². The van der Waals surface area contributed by atoms with Gasteiger partial charge in [-0.15, -0.1) is 0 Å². The molecule has 0 aliphatic carbocycles. The van der Waals surface area contributed by atoms with E-state index in [0.29, 0.717) is 5.95 Å². The predicted octanol–water partition coefficient (Wildman–Crippen LogP) is 5.38. The molecule has 6 rings (SSSR count). The van der Waals surface area contributed by atoms with Crippen LogP contribution in [0.25, 0.3) is 50.0 Å². The molecule has 0 saturated heterocycles. The molecule has 0 atom stereocenters. The van der Waals surface area contributed by atoms with Crippen molar-refractivity contribution in [1.29, 1.82) is 0 Å². The summed E-state index contributed by atoms with van der Waals surface area (Å²) >= 11 is 0. The fourth-order valence-corrected chi connectivity index (χ4v) is 3.78. The summed E-state index contributed by atoms with van der Waals surface area (Å²) in [6.07, 6.45) is 5.10. The zero-order valence-corrected chi connectivity index (χ0v) is 14.8. The fourth-order valence-electron chi connectivity index (χ4n) is 3.78. The first-order chi connectivity index (χ1) is 13.9. The van der Waals surface area contributed by atoms with E-state index in [-0.39, 0.29) is 0 Å². The van der Waals surface area contributed by atoms with Crippen LogP contribution in [0, 0.1) is 0 Å². The molecule has 4 aromatic heterocycles. The number of hydrogen-bond acceptors (Lipinski definition) is 4. The van der Waals surface area contributed by atoms with Crippen molar-refractivity contribution in [2.45, 2.75) is 0 Å². The van der Waals surface area contributed by atoms with Gasteiger partial charge in [-0.3, -0.25) is 9.55 Å². The Hall–Kier alpha value is -3.99. The molecule has 0 bridgehead atoms. The lowest BCUT2D eigenvalue weighted by molar-refractivity contribution is 0.572. The third kappa shape index (κ3) is 2.10. The van der Waals surface area contributed by atoms with Gasteiger partial charge < -0.3 is 4.42 Å². The number of rotatable bonds is 2. The molecule has 0 spiro atoms. The van der Waals surface area contributed by atoms with Crippen LogP contribution >= 0.6 is 0 Å². The second-order valence-corrected chi connectivity index (χ2v) is 6.63. The van der Waals surface area contributed by atoms with Crippen molar-refractivity contribution in [3.05, 3.63) is 85.5 Å². The van der Waals surface area contributed by atoms with Gasteiger partial charge in [0, 0.05) is 17.0 Å². The lowest BCUT2D eigenvalue weighted by Gasteiger charge is -2.08. The minimum absolute atomic E-state index is 0.604. The Kier molecular flexibility index (Phi) is 3.10. The van der Waals surface area contributed by atoms with Gasteiger partial charge >= 0.3 is 0 Å². The van der Waals surface area contributed by atoms with Gasteiger partial charge in [-0.1, -0.05) is 42.5 Å². The highest BCUT2D eigenvalue weighted by Crippen LogP contribution is 2.33. The van der Waals surface area contributed by atoms with Gasteiger partial charge in [-0.25, -0.2) is 9.97 Å². The molecule has 0 aliphatic rings. The first kappa shape index (κ1) is 15.1. The molecule has 2 aromatic carbocycles. The second kappa shape index (κ2) is 5.76. The first-order valence-electron chi connectivity index (χ1n) is 9.04. The lowest BCUT2D eigenvalue weighted by atomic mass is 10.2. The standard InChI is InChI=1S/C23H14N4O/c1-3-10-20-15(7-1)16-8-2-4-11-21(16)27(20)23-25-19-14-28-13-17(19)22(26-23)18-9-5-6-12-24-18/h1-14H. The van der Waals surface area contributed by atoms with Gasteiger partial charge in [0.15, 0.2) is 0 Å². The fraction of sp³-hybridized carbons (Fsp3) is 0. The van der Waals surface area contributed by atoms with E-state index in [1.165, 1.54) is 10.8 Å². The van der Waals surface area contributed by atoms with Crippen LogP contribution in [0.15, 0.2) is 89.9 Å². The van der Waals surface area contributed by atoms with Crippen LogP contribution < -0.4 is 0 Å². The maximum absolute atomic E-state index is 5.43. The molecule has 0 radical (unpaired) electrons. The molecular formula is C23H14N4O. The molecule has 5 heteroatoms. The first-order valence-corrected chi connectivity index (χ1v) is 9.04. The number of furan rings is 1. The predicted molar refractivity (Wildman–Crippen MR) is 109 cm³/mol. The van der Waals surface area contributed by atoms with Gasteiger partial charge in [0.1, 0.15) is 23.7 Å². The number of fused-ring (bicyclic) bond motifs is 4. The van der Waals surface area contributed by atoms with E-state index in [1.54, 1.807) is 18.7 Å². The largest absolute Gasteiger partial charge is 0.470 e. The minimum atomic E-state index is 0.604. The highest BCUT2D eigenvalue weighted by molar-refractivity contribution is 6.09. The quantitative estimate of drug-likeness (QED) is 0.415. The topological polar surface area (TPSA) is 56.7 Å². The van der Waals surface area contributed by atoms with E-state index in [0.717, 1.165) is 33.3 Å². The maximum Gasteiger partial charge on any atom is 0.235 e. The van der Waals surface area contributed by atoms with Crippen LogP contribution in [0.5, 0.6) is 0 Å². The number of aromatic nitrogens is 4. The third-order valence-corrected chi connectivity index (χ3v) is 5.02. The molecule has 6 aromatic rings. The monoisotopic (exact) mass is 362 g/mol. The smallest absolute Gasteiger partial charge is 0.235 e. The van der Waals surface area contributed by atoms with Crippen LogP contribution in [0.3, 0.4) is 0 Å². The second-order valence-electron chi connectivity index (χ2n) is 6.63. The number of pyridine rings is 1. The molecule has 0 amide bonds.